The molecule has 0 atom stereocenters. The monoisotopic (exact) mass is 129 g/mol. The molecule has 0 saturated carbocycles. The Labute approximate surface area is 58.5 Å². The number of aromatic nitrogens is 2. The molecule has 0 amide bonds. The second-order valence-electron chi connectivity index (χ2n) is 2.04. The highest BCUT2D eigenvalue weighted by molar-refractivity contribution is 5.79. The van der Waals surface area contributed by atoms with Gasteiger partial charge in [0.25, 0.3) is 0 Å². The molecule has 0 saturated heterocycles. The summed E-state index contributed by atoms with van der Waals surface area (Å²) < 4.78 is 0. The Kier molecular flexibility index (Phi) is 1.10. The second kappa shape index (κ2) is 2.06. The van der Waals surface area contributed by atoms with Gasteiger partial charge in [-0.15, -0.1) is 5.10 Å². The van der Waals surface area contributed by atoms with Gasteiger partial charge >= 0.3 is 0 Å². The summed E-state index contributed by atoms with van der Waals surface area (Å²) in [6.45, 7) is 0. The minimum absolute atomic E-state index is 1.01. The van der Waals surface area contributed by atoms with E-state index in [1.165, 1.54) is 0 Å². The maximum atomic E-state index is 3.71. The van der Waals surface area contributed by atoms with Crippen molar-refractivity contribution in [2.24, 2.45) is 0 Å². The van der Waals surface area contributed by atoms with Crippen molar-refractivity contribution in [1.29, 1.82) is 0 Å². The maximum absolute atomic E-state index is 3.71. The van der Waals surface area contributed by atoms with Crippen LogP contribution in [0.4, 0.5) is 0 Å². The van der Waals surface area contributed by atoms with Gasteiger partial charge in [-0.2, -0.15) is 5.10 Å². The van der Waals surface area contributed by atoms with E-state index in [2.05, 4.69) is 16.4 Å². The number of nitrogens with zero attached hydrogens (tertiary/aromatic N) is 2. The highest BCUT2D eigenvalue weighted by atomic mass is 15.1. The van der Waals surface area contributed by atoms with Gasteiger partial charge in [0.2, 0.25) is 0 Å². The van der Waals surface area contributed by atoms with E-state index in [-0.39, 0.29) is 0 Å². The van der Waals surface area contributed by atoms with Crippen LogP contribution in [0.3, 0.4) is 0 Å². The smallest absolute Gasteiger partial charge is 0.122 e. The molecular formula is C8H5N2. The van der Waals surface area contributed by atoms with Gasteiger partial charge in [-0.3, -0.25) is 0 Å². The quantitative estimate of drug-likeness (QED) is 0.537. The first-order chi connectivity index (χ1) is 4.97. The minimum atomic E-state index is 1.01. The molecule has 2 heteroatoms. The zero-order chi connectivity index (χ0) is 6.81. The van der Waals surface area contributed by atoms with Crippen molar-refractivity contribution in [1.82, 2.24) is 10.2 Å². The normalized spacial score (nSPS) is 10.0. The zero-order valence-electron chi connectivity index (χ0n) is 5.28. The SMILES string of the molecule is [c]1nncc2ccccc12. The van der Waals surface area contributed by atoms with Gasteiger partial charge in [-0.25, -0.2) is 0 Å². The van der Waals surface area contributed by atoms with Crippen LogP contribution in [-0.2, 0) is 0 Å². The number of hydrogen-bond acceptors (Lipinski definition) is 2. The summed E-state index contributed by atoms with van der Waals surface area (Å²) in [5.74, 6) is 0. The summed E-state index contributed by atoms with van der Waals surface area (Å²) >= 11 is 0. The van der Waals surface area contributed by atoms with Crippen LogP contribution in [0, 0.1) is 6.20 Å². The molecule has 10 heavy (non-hydrogen) atoms. The molecule has 47 valence electrons. The summed E-state index contributed by atoms with van der Waals surface area (Å²) in [5, 5.41) is 9.44. The van der Waals surface area contributed by atoms with Gasteiger partial charge in [0.05, 0.1) is 6.20 Å². The molecule has 0 unspecified atom stereocenters. The Balaban J connectivity index is 2.89. The van der Waals surface area contributed by atoms with E-state index in [4.69, 9.17) is 0 Å². The minimum Gasteiger partial charge on any atom is -0.158 e. The van der Waals surface area contributed by atoms with E-state index in [1.54, 1.807) is 6.20 Å². The van der Waals surface area contributed by atoms with Crippen molar-refractivity contribution in [2.45, 2.75) is 0 Å². The van der Waals surface area contributed by atoms with Crippen molar-refractivity contribution >= 4 is 10.8 Å². The first-order valence-electron chi connectivity index (χ1n) is 3.05. The molecule has 0 fully saturated rings. The maximum Gasteiger partial charge on any atom is 0.122 e. The fourth-order valence-corrected chi connectivity index (χ4v) is 0.885. The van der Waals surface area contributed by atoms with Gasteiger partial charge in [-0.05, 0) is 0 Å². The number of fused-ring (bicyclic) bond motifs is 1. The molecule has 2 aromatic rings. The number of hydrogen-bond donors (Lipinski definition) is 0. The summed E-state index contributed by atoms with van der Waals surface area (Å²) in [4.78, 5) is 0. The molecule has 0 aliphatic rings. The Morgan fingerprint density at radius 2 is 2.10 bits per heavy atom. The van der Waals surface area contributed by atoms with E-state index in [1.807, 2.05) is 24.3 Å². The topological polar surface area (TPSA) is 25.8 Å². The highest BCUT2D eigenvalue weighted by Crippen LogP contribution is 2.07. The summed E-state index contributed by atoms with van der Waals surface area (Å²) in [7, 11) is 0. The van der Waals surface area contributed by atoms with Gasteiger partial charge in [-0.1, -0.05) is 24.3 Å². The van der Waals surface area contributed by atoms with Crippen molar-refractivity contribution < 1.29 is 0 Å². The van der Waals surface area contributed by atoms with Crippen LogP contribution in [0.15, 0.2) is 30.5 Å². The molecule has 2 nitrogen and oxygen atoms in total. The first kappa shape index (κ1) is 5.35. The molecule has 2 rings (SSSR count). The van der Waals surface area contributed by atoms with Crippen molar-refractivity contribution in [3.63, 3.8) is 0 Å². The average Bonchev–Trinajstić information content (AvgIpc) is 2.05. The van der Waals surface area contributed by atoms with E-state index in [0.29, 0.717) is 0 Å². The van der Waals surface area contributed by atoms with Crippen molar-refractivity contribution in [3.8, 4) is 0 Å². The average molecular weight is 129 g/mol. The van der Waals surface area contributed by atoms with Crippen LogP contribution >= 0.6 is 0 Å². The zero-order valence-corrected chi connectivity index (χ0v) is 5.28. The van der Waals surface area contributed by atoms with Crippen LogP contribution in [0.1, 0.15) is 0 Å². The van der Waals surface area contributed by atoms with Gasteiger partial charge in [0, 0.05) is 10.8 Å². The van der Waals surface area contributed by atoms with Crippen LogP contribution in [-0.4, -0.2) is 10.2 Å². The van der Waals surface area contributed by atoms with Crippen molar-refractivity contribution in [2.75, 3.05) is 0 Å². The Hall–Kier alpha value is -1.44. The molecule has 0 bridgehead atoms. The van der Waals surface area contributed by atoms with E-state index >= 15 is 0 Å². The Morgan fingerprint density at radius 1 is 1.20 bits per heavy atom. The Bertz CT molecular complexity index is 278. The van der Waals surface area contributed by atoms with E-state index in [0.717, 1.165) is 10.8 Å². The molecular weight excluding hydrogens is 124 g/mol. The lowest BCUT2D eigenvalue weighted by molar-refractivity contribution is 1.04. The molecule has 1 aromatic heterocycles. The third kappa shape index (κ3) is 0.739. The molecule has 1 radical (unpaired) electrons. The fourth-order valence-electron chi connectivity index (χ4n) is 0.885. The highest BCUT2D eigenvalue weighted by Gasteiger charge is 1.88. The summed E-state index contributed by atoms with van der Waals surface area (Å²) in [5.41, 5.74) is 0. The van der Waals surface area contributed by atoms with Gasteiger partial charge in [0.1, 0.15) is 6.20 Å². The number of benzene rings is 1. The molecule has 1 aromatic carbocycles. The van der Waals surface area contributed by atoms with Crippen LogP contribution in [0.2, 0.25) is 0 Å². The van der Waals surface area contributed by atoms with Crippen molar-refractivity contribution in [3.05, 3.63) is 36.7 Å². The van der Waals surface area contributed by atoms with Crippen LogP contribution in [0.25, 0.3) is 10.8 Å². The standard InChI is InChI=1S/C8H5N2/c1-2-4-8-6-10-9-5-7(8)3-1/h1-5H. The Morgan fingerprint density at radius 3 is 3.00 bits per heavy atom. The molecule has 0 N–H and O–H groups in total. The predicted molar refractivity (Wildman–Crippen MR) is 38.4 cm³/mol. The van der Waals surface area contributed by atoms with Gasteiger partial charge in [0.15, 0.2) is 0 Å². The van der Waals surface area contributed by atoms with E-state index in [9.17, 15) is 0 Å². The van der Waals surface area contributed by atoms with Crippen LogP contribution in [0.5, 0.6) is 0 Å². The third-order valence-electron chi connectivity index (χ3n) is 1.39. The lowest BCUT2D eigenvalue weighted by atomic mass is 10.2. The van der Waals surface area contributed by atoms with Gasteiger partial charge < -0.3 is 0 Å². The number of rotatable bonds is 0. The lowest BCUT2D eigenvalue weighted by Gasteiger charge is -1.89. The largest absolute Gasteiger partial charge is 0.158 e. The van der Waals surface area contributed by atoms with Crippen LogP contribution < -0.4 is 0 Å². The molecule has 1 heterocycles. The lowest BCUT2D eigenvalue weighted by Crippen LogP contribution is -1.78. The second-order valence-corrected chi connectivity index (χ2v) is 2.04. The predicted octanol–water partition coefficient (Wildman–Crippen LogP) is 1.43. The summed E-state index contributed by atoms with van der Waals surface area (Å²) in [6, 6.07) is 7.88. The molecule has 0 aliphatic heterocycles. The first-order valence-corrected chi connectivity index (χ1v) is 3.05. The van der Waals surface area contributed by atoms with E-state index < -0.39 is 0 Å². The third-order valence-corrected chi connectivity index (χ3v) is 1.39. The summed E-state index contributed by atoms with van der Waals surface area (Å²) in [6.07, 6.45) is 4.52. The molecule has 0 spiro atoms. The fraction of sp³-hybridized carbons (Fsp3) is 0. The molecule has 0 aliphatic carbocycles.